The van der Waals surface area contributed by atoms with Crippen LogP contribution >= 0.6 is 23.1 Å². The summed E-state index contributed by atoms with van der Waals surface area (Å²) >= 11 is 3.86. The van der Waals surface area contributed by atoms with Gasteiger partial charge in [-0.25, -0.2) is 4.98 Å². The Bertz CT molecular complexity index is 501. The summed E-state index contributed by atoms with van der Waals surface area (Å²) in [5.41, 5.74) is 7.72. The zero-order chi connectivity index (χ0) is 11.0. The first-order chi connectivity index (χ1) is 7.83. The normalized spacial score (nSPS) is 21.4. The molecule has 1 unspecified atom stereocenters. The van der Waals surface area contributed by atoms with Crippen LogP contribution in [0.4, 0.5) is 5.69 Å². The van der Waals surface area contributed by atoms with E-state index in [4.69, 9.17) is 10.7 Å². The second-order valence-corrected chi connectivity index (χ2v) is 6.51. The maximum absolute atomic E-state index is 5.79. The average molecular weight is 250 g/mol. The number of aromatic nitrogens is 1. The summed E-state index contributed by atoms with van der Waals surface area (Å²) in [6.45, 7) is 0. The third-order valence-electron chi connectivity index (χ3n) is 2.88. The fourth-order valence-corrected chi connectivity index (χ4v) is 4.60. The molecule has 2 heterocycles. The molecule has 0 bridgehead atoms. The van der Waals surface area contributed by atoms with E-state index in [2.05, 4.69) is 11.8 Å². The van der Waals surface area contributed by atoms with Crippen LogP contribution in [-0.2, 0) is 0 Å². The SMILES string of the molecule is Nc1ccc2nc(C3CCCCS3)sc2c1. The maximum atomic E-state index is 5.79. The van der Waals surface area contributed by atoms with Gasteiger partial charge in [0.15, 0.2) is 0 Å². The molecule has 2 N–H and O–H groups in total. The second kappa shape index (κ2) is 4.26. The van der Waals surface area contributed by atoms with Crippen molar-refractivity contribution < 1.29 is 0 Å². The highest BCUT2D eigenvalue weighted by Gasteiger charge is 2.19. The molecule has 0 aliphatic carbocycles. The molecule has 1 aromatic carbocycles. The van der Waals surface area contributed by atoms with Gasteiger partial charge in [0.2, 0.25) is 0 Å². The van der Waals surface area contributed by atoms with Crippen molar-refractivity contribution in [1.29, 1.82) is 0 Å². The van der Waals surface area contributed by atoms with E-state index in [-0.39, 0.29) is 0 Å². The number of anilines is 1. The molecule has 1 aliphatic rings. The maximum Gasteiger partial charge on any atom is 0.107 e. The number of hydrogen-bond acceptors (Lipinski definition) is 4. The lowest BCUT2D eigenvalue weighted by Crippen LogP contribution is -2.01. The van der Waals surface area contributed by atoms with E-state index < -0.39 is 0 Å². The monoisotopic (exact) mass is 250 g/mol. The van der Waals surface area contributed by atoms with E-state index in [0.717, 1.165) is 11.2 Å². The predicted molar refractivity (Wildman–Crippen MR) is 73.1 cm³/mol. The lowest BCUT2D eigenvalue weighted by molar-refractivity contribution is 0.684. The van der Waals surface area contributed by atoms with Gasteiger partial charge in [-0.2, -0.15) is 11.8 Å². The molecule has 1 fully saturated rings. The van der Waals surface area contributed by atoms with Crippen LogP contribution in [0, 0.1) is 0 Å². The lowest BCUT2D eigenvalue weighted by atomic mass is 10.2. The molecule has 1 atom stereocenters. The first kappa shape index (κ1) is 10.4. The molecule has 0 radical (unpaired) electrons. The molecular formula is C12H14N2S2. The van der Waals surface area contributed by atoms with Gasteiger partial charge in [-0.1, -0.05) is 6.42 Å². The molecule has 0 saturated carbocycles. The molecule has 2 nitrogen and oxygen atoms in total. The van der Waals surface area contributed by atoms with Crippen molar-refractivity contribution in [3.05, 3.63) is 23.2 Å². The van der Waals surface area contributed by atoms with Crippen molar-refractivity contribution in [3.63, 3.8) is 0 Å². The van der Waals surface area contributed by atoms with Crippen LogP contribution < -0.4 is 5.73 Å². The van der Waals surface area contributed by atoms with Crippen molar-refractivity contribution >= 4 is 39.0 Å². The number of fused-ring (bicyclic) bond motifs is 1. The van der Waals surface area contributed by atoms with Crippen LogP contribution in [0.5, 0.6) is 0 Å². The van der Waals surface area contributed by atoms with E-state index in [1.54, 1.807) is 11.3 Å². The quantitative estimate of drug-likeness (QED) is 0.782. The molecule has 2 aromatic rings. The standard InChI is InChI=1S/C12H14N2S2/c13-8-4-5-9-11(7-8)16-12(14-9)10-3-1-2-6-15-10/h4-5,7,10H,1-3,6,13H2. The van der Waals surface area contributed by atoms with Gasteiger partial charge in [0.25, 0.3) is 0 Å². The number of nitrogens with two attached hydrogens (primary N) is 1. The van der Waals surface area contributed by atoms with Gasteiger partial charge in [-0.05, 0) is 36.8 Å². The van der Waals surface area contributed by atoms with Gasteiger partial charge >= 0.3 is 0 Å². The molecular weight excluding hydrogens is 236 g/mol. The highest BCUT2D eigenvalue weighted by molar-refractivity contribution is 7.99. The topological polar surface area (TPSA) is 38.9 Å². The van der Waals surface area contributed by atoms with Gasteiger partial charge in [-0.15, -0.1) is 11.3 Å². The number of rotatable bonds is 1. The summed E-state index contributed by atoms with van der Waals surface area (Å²) in [6, 6.07) is 5.99. The smallest absolute Gasteiger partial charge is 0.107 e. The second-order valence-electron chi connectivity index (χ2n) is 4.13. The van der Waals surface area contributed by atoms with Gasteiger partial charge in [0, 0.05) is 5.69 Å². The number of thioether (sulfide) groups is 1. The van der Waals surface area contributed by atoms with Crippen LogP contribution in [0.3, 0.4) is 0 Å². The fraction of sp³-hybridized carbons (Fsp3) is 0.417. The zero-order valence-corrected chi connectivity index (χ0v) is 10.6. The van der Waals surface area contributed by atoms with Crippen LogP contribution in [0.1, 0.15) is 29.5 Å². The lowest BCUT2D eigenvalue weighted by Gasteiger charge is -2.18. The Morgan fingerprint density at radius 2 is 2.25 bits per heavy atom. The summed E-state index contributed by atoms with van der Waals surface area (Å²) in [5.74, 6) is 1.28. The van der Waals surface area contributed by atoms with Gasteiger partial charge in [0.05, 0.1) is 15.5 Å². The molecule has 0 amide bonds. The van der Waals surface area contributed by atoms with E-state index in [0.29, 0.717) is 5.25 Å². The molecule has 3 rings (SSSR count). The zero-order valence-electron chi connectivity index (χ0n) is 8.98. The van der Waals surface area contributed by atoms with Crippen molar-refractivity contribution in [3.8, 4) is 0 Å². The molecule has 4 heteroatoms. The highest BCUT2D eigenvalue weighted by atomic mass is 32.2. The molecule has 1 saturated heterocycles. The van der Waals surface area contributed by atoms with Crippen LogP contribution in [0.15, 0.2) is 18.2 Å². The predicted octanol–water partition coefficient (Wildman–Crippen LogP) is 3.84. The Labute approximate surface area is 103 Å². The van der Waals surface area contributed by atoms with Crippen molar-refractivity contribution in [2.24, 2.45) is 0 Å². The number of thiazole rings is 1. The Morgan fingerprint density at radius 3 is 3.06 bits per heavy atom. The summed E-state index contributed by atoms with van der Waals surface area (Å²) < 4.78 is 1.22. The van der Waals surface area contributed by atoms with Crippen molar-refractivity contribution in [2.75, 3.05) is 11.5 Å². The third kappa shape index (κ3) is 1.92. The van der Waals surface area contributed by atoms with Gasteiger partial charge in [-0.3, -0.25) is 0 Å². The summed E-state index contributed by atoms with van der Waals surface area (Å²) in [5, 5.41) is 1.90. The minimum Gasteiger partial charge on any atom is -0.399 e. The first-order valence-corrected chi connectivity index (χ1v) is 7.47. The van der Waals surface area contributed by atoms with Gasteiger partial charge < -0.3 is 5.73 Å². The minimum absolute atomic E-state index is 0.618. The number of nitrogens with zero attached hydrogens (tertiary/aromatic N) is 1. The van der Waals surface area contributed by atoms with Crippen molar-refractivity contribution in [2.45, 2.75) is 24.5 Å². The minimum atomic E-state index is 0.618. The summed E-state index contributed by atoms with van der Waals surface area (Å²) in [4.78, 5) is 4.72. The van der Waals surface area contributed by atoms with Crippen LogP contribution in [0.25, 0.3) is 10.2 Å². The van der Waals surface area contributed by atoms with Gasteiger partial charge in [0.1, 0.15) is 5.01 Å². The average Bonchev–Trinajstić information content (AvgIpc) is 2.73. The Balaban J connectivity index is 1.97. The first-order valence-electron chi connectivity index (χ1n) is 5.60. The third-order valence-corrected chi connectivity index (χ3v) is 5.55. The van der Waals surface area contributed by atoms with Crippen molar-refractivity contribution in [1.82, 2.24) is 4.98 Å². The largest absolute Gasteiger partial charge is 0.399 e. The molecule has 16 heavy (non-hydrogen) atoms. The number of benzene rings is 1. The molecule has 1 aliphatic heterocycles. The Kier molecular flexibility index (Phi) is 2.77. The fourth-order valence-electron chi connectivity index (χ4n) is 2.03. The number of hydrogen-bond donors (Lipinski definition) is 1. The van der Waals surface area contributed by atoms with Crippen LogP contribution in [0.2, 0.25) is 0 Å². The van der Waals surface area contributed by atoms with Crippen LogP contribution in [-0.4, -0.2) is 10.7 Å². The molecule has 1 aromatic heterocycles. The number of nitrogen functional groups attached to an aromatic ring is 1. The molecule has 0 spiro atoms. The Morgan fingerprint density at radius 1 is 1.31 bits per heavy atom. The van der Waals surface area contributed by atoms with E-state index in [9.17, 15) is 0 Å². The van der Waals surface area contributed by atoms with E-state index >= 15 is 0 Å². The van der Waals surface area contributed by atoms with E-state index in [1.807, 2.05) is 18.2 Å². The molecule has 84 valence electrons. The summed E-state index contributed by atoms with van der Waals surface area (Å²) in [7, 11) is 0. The highest BCUT2D eigenvalue weighted by Crippen LogP contribution is 2.41. The Hall–Kier alpha value is -0.740. The summed E-state index contributed by atoms with van der Waals surface area (Å²) in [6.07, 6.45) is 3.98. The van der Waals surface area contributed by atoms with E-state index in [1.165, 1.54) is 34.7 Å².